The Balaban J connectivity index is 1.51. The van der Waals surface area contributed by atoms with E-state index >= 15 is 0 Å². The maximum absolute atomic E-state index is 14.0. The predicted molar refractivity (Wildman–Crippen MR) is 178 cm³/mol. The molecule has 0 fully saturated rings. The number of methoxy groups -OCH3 is 2. The lowest BCUT2D eigenvalue weighted by molar-refractivity contribution is -0.123. The predicted octanol–water partition coefficient (Wildman–Crippen LogP) is 6.49. The lowest BCUT2D eigenvalue weighted by Gasteiger charge is -2.23. The zero-order valence-electron chi connectivity index (χ0n) is 25.7. The number of aryl methyl sites for hydroxylation is 1. The molecule has 6 rings (SSSR count). The third-order valence-corrected chi connectivity index (χ3v) is 9.05. The Morgan fingerprint density at radius 1 is 0.957 bits per heavy atom. The number of nitrogens with zero attached hydrogens (tertiary/aromatic N) is 3. The highest BCUT2D eigenvalue weighted by molar-refractivity contribution is 8.00. The van der Waals surface area contributed by atoms with Gasteiger partial charge in [-0.05, 0) is 60.0 Å². The summed E-state index contributed by atoms with van der Waals surface area (Å²) in [5, 5.41) is 7.71. The summed E-state index contributed by atoms with van der Waals surface area (Å²) in [6.45, 7) is 1.97. The summed E-state index contributed by atoms with van der Waals surface area (Å²) in [4.78, 5) is 29.0. The smallest absolute Gasteiger partial charge is 0.240 e. The number of nitrogens with one attached hydrogen (secondary N) is 1. The van der Waals surface area contributed by atoms with Crippen LogP contribution in [0, 0.1) is 12.7 Å². The van der Waals surface area contributed by atoms with Crippen LogP contribution in [0.5, 0.6) is 11.5 Å². The zero-order valence-corrected chi connectivity index (χ0v) is 26.5. The molecule has 1 N–H and O–H groups in total. The standard InChI is InChI=1S/C36H33FN4O4S/c1-23-8-7-11-28(18-23)41-36-33(34(39-41)25-9-5-4-6-10-25)35(26-14-17-29(44-2)30(19-26)45-3)46-22-32(43)40(36)21-31(42)38-20-24-12-15-27(37)16-13-24/h4-19,35H,20-22H2,1-3H3,(H,38,42). The van der Waals surface area contributed by atoms with Crippen molar-refractivity contribution in [2.24, 2.45) is 0 Å². The fourth-order valence-electron chi connectivity index (χ4n) is 5.55. The van der Waals surface area contributed by atoms with Gasteiger partial charge in [-0.1, -0.05) is 60.7 Å². The zero-order chi connectivity index (χ0) is 32.2. The third kappa shape index (κ3) is 6.34. The van der Waals surface area contributed by atoms with E-state index in [4.69, 9.17) is 14.6 Å². The number of anilines is 1. The number of benzene rings is 4. The molecule has 0 spiro atoms. The Kier molecular flexibility index (Phi) is 9.07. The second-order valence-electron chi connectivity index (χ2n) is 10.9. The van der Waals surface area contributed by atoms with Crippen LogP contribution in [0.2, 0.25) is 0 Å². The van der Waals surface area contributed by atoms with Gasteiger partial charge in [-0.2, -0.15) is 5.10 Å². The summed E-state index contributed by atoms with van der Waals surface area (Å²) in [5.41, 5.74) is 5.83. The minimum absolute atomic E-state index is 0.126. The first kappa shape index (κ1) is 30.9. The van der Waals surface area contributed by atoms with Crippen molar-refractivity contribution in [3.8, 4) is 28.4 Å². The quantitative estimate of drug-likeness (QED) is 0.199. The van der Waals surface area contributed by atoms with E-state index in [0.29, 0.717) is 23.0 Å². The summed E-state index contributed by atoms with van der Waals surface area (Å²) in [6, 6.07) is 29.4. The molecular weight excluding hydrogens is 603 g/mol. The van der Waals surface area contributed by atoms with Gasteiger partial charge in [0.25, 0.3) is 0 Å². The SMILES string of the molecule is COc1ccc(C2SCC(=O)N(CC(=O)NCc3ccc(F)cc3)c3c2c(-c2ccccc2)nn3-c2cccc(C)c2)cc1OC. The molecule has 1 atom stereocenters. The molecule has 0 saturated carbocycles. The first-order valence-electron chi connectivity index (χ1n) is 14.8. The van der Waals surface area contributed by atoms with E-state index in [1.54, 1.807) is 31.0 Å². The Morgan fingerprint density at radius 3 is 2.43 bits per heavy atom. The van der Waals surface area contributed by atoms with Crippen molar-refractivity contribution in [3.05, 3.63) is 125 Å². The number of carbonyl (C=O) groups excluding carboxylic acids is 2. The maximum atomic E-state index is 14.0. The van der Waals surface area contributed by atoms with Crippen molar-refractivity contribution >= 4 is 29.4 Å². The summed E-state index contributed by atoms with van der Waals surface area (Å²) in [7, 11) is 3.18. The fraction of sp³-hybridized carbons (Fsp3) is 0.194. The van der Waals surface area contributed by atoms with Crippen LogP contribution in [0.25, 0.3) is 16.9 Å². The van der Waals surface area contributed by atoms with Gasteiger partial charge < -0.3 is 14.8 Å². The molecule has 2 amide bonds. The van der Waals surface area contributed by atoms with Gasteiger partial charge in [0.05, 0.1) is 36.6 Å². The van der Waals surface area contributed by atoms with Crippen LogP contribution in [0.1, 0.15) is 27.5 Å². The second kappa shape index (κ2) is 13.5. The molecule has 1 aliphatic rings. The minimum atomic E-state index is -0.351. The van der Waals surface area contributed by atoms with E-state index in [2.05, 4.69) is 5.32 Å². The summed E-state index contributed by atoms with van der Waals surface area (Å²) in [5.74, 6) is 0.896. The van der Waals surface area contributed by atoms with Crippen LogP contribution in [-0.2, 0) is 16.1 Å². The normalized spacial score (nSPS) is 14.4. The molecule has 4 aromatic carbocycles. The second-order valence-corrected chi connectivity index (χ2v) is 12.0. The molecule has 2 heterocycles. The fourth-order valence-corrected chi connectivity index (χ4v) is 6.74. The molecule has 46 heavy (non-hydrogen) atoms. The first-order chi connectivity index (χ1) is 22.4. The summed E-state index contributed by atoms with van der Waals surface area (Å²) < 4.78 is 26.3. The minimum Gasteiger partial charge on any atom is -0.493 e. The van der Waals surface area contributed by atoms with Crippen LogP contribution >= 0.6 is 11.8 Å². The van der Waals surface area contributed by atoms with Crippen LogP contribution in [0.15, 0.2) is 97.1 Å². The van der Waals surface area contributed by atoms with E-state index < -0.39 is 0 Å². The van der Waals surface area contributed by atoms with Crippen molar-refractivity contribution in [2.45, 2.75) is 18.7 Å². The van der Waals surface area contributed by atoms with Crippen LogP contribution in [0.4, 0.5) is 10.2 Å². The van der Waals surface area contributed by atoms with E-state index in [-0.39, 0.29) is 41.7 Å². The molecular formula is C36H33FN4O4S. The van der Waals surface area contributed by atoms with Gasteiger partial charge in [0.15, 0.2) is 11.5 Å². The molecule has 10 heteroatoms. The van der Waals surface area contributed by atoms with Gasteiger partial charge >= 0.3 is 0 Å². The van der Waals surface area contributed by atoms with Crippen molar-refractivity contribution in [1.29, 1.82) is 0 Å². The summed E-state index contributed by atoms with van der Waals surface area (Å²) in [6.07, 6.45) is 0. The van der Waals surface area contributed by atoms with Crippen LogP contribution in [-0.4, -0.2) is 48.1 Å². The Hall–Kier alpha value is -5.09. The number of fused-ring (bicyclic) bond motifs is 1. The number of ether oxygens (including phenoxy) is 2. The van der Waals surface area contributed by atoms with Crippen LogP contribution < -0.4 is 19.7 Å². The number of aromatic nitrogens is 2. The molecule has 0 radical (unpaired) electrons. The van der Waals surface area contributed by atoms with Gasteiger partial charge in [0.1, 0.15) is 18.2 Å². The van der Waals surface area contributed by atoms with Crippen LogP contribution in [0.3, 0.4) is 0 Å². The lowest BCUT2D eigenvalue weighted by atomic mass is 9.99. The summed E-state index contributed by atoms with van der Waals surface area (Å²) >= 11 is 1.48. The van der Waals surface area contributed by atoms with Gasteiger partial charge in [-0.25, -0.2) is 9.07 Å². The number of amides is 2. The average Bonchev–Trinajstić information content (AvgIpc) is 3.41. The monoisotopic (exact) mass is 636 g/mol. The molecule has 1 aromatic heterocycles. The average molecular weight is 637 g/mol. The molecule has 1 aliphatic heterocycles. The lowest BCUT2D eigenvalue weighted by Crippen LogP contribution is -2.42. The third-order valence-electron chi connectivity index (χ3n) is 7.80. The molecule has 0 aliphatic carbocycles. The van der Waals surface area contributed by atoms with E-state index in [9.17, 15) is 14.0 Å². The molecule has 1 unspecified atom stereocenters. The number of halogens is 1. The number of carbonyl (C=O) groups is 2. The highest BCUT2D eigenvalue weighted by atomic mass is 32.2. The number of hydrogen-bond donors (Lipinski definition) is 1. The van der Waals surface area contributed by atoms with Gasteiger partial charge in [0.2, 0.25) is 11.8 Å². The van der Waals surface area contributed by atoms with Gasteiger partial charge in [0, 0.05) is 17.7 Å². The molecule has 0 saturated heterocycles. The molecule has 0 bridgehead atoms. The molecule has 5 aromatic rings. The molecule has 8 nitrogen and oxygen atoms in total. The highest BCUT2D eigenvalue weighted by Gasteiger charge is 2.38. The van der Waals surface area contributed by atoms with Crippen molar-refractivity contribution in [2.75, 3.05) is 31.4 Å². The van der Waals surface area contributed by atoms with E-state index in [1.807, 2.05) is 79.7 Å². The Morgan fingerprint density at radius 2 is 1.72 bits per heavy atom. The number of rotatable bonds is 9. The topological polar surface area (TPSA) is 85.7 Å². The Labute approximate surface area is 271 Å². The van der Waals surface area contributed by atoms with Crippen molar-refractivity contribution < 1.29 is 23.5 Å². The van der Waals surface area contributed by atoms with Crippen molar-refractivity contribution in [3.63, 3.8) is 0 Å². The number of hydrogen-bond acceptors (Lipinski definition) is 6. The van der Waals surface area contributed by atoms with E-state index in [0.717, 1.165) is 33.5 Å². The largest absolute Gasteiger partial charge is 0.493 e. The highest BCUT2D eigenvalue weighted by Crippen LogP contribution is 2.49. The Bertz CT molecular complexity index is 1880. The van der Waals surface area contributed by atoms with Gasteiger partial charge in [-0.15, -0.1) is 11.8 Å². The number of thioether (sulfide) groups is 1. The van der Waals surface area contributed by atoms with Crippen molar-refractivity contribution in [1.82, 2.24) is 15.1 Å². The van der Waals surface area contributed by atoms with E-state index in [1.165, 1.54) is 28.8 Å². The van der Waals surface area contributed by atoms with Gasteiger partial charge in [-0.3, -0.25) is 14.5 Å². The molecule has 234 valence electrons. The maximum Gasteiger partial charge on any atom is 0.240 e. The first-order valence-corrected chi connectivity index (χ1v) is 15.8.